The fraction of sp³-hybridized carbons (Fsp3) is 1.00. The van der Waals surface area contributed by atoms with Crippen LogP contribution in [0.1, 0.15) is 33.6 Å². The van der Waals surface area contributed by atoms with Gasteiger partial charge in [-0.05, 0) is 53.8 Å². The van der Waals surface area contributed by atoms with E-state index in [-0.39, 0.29) is 6.10 Å². The fourth-order valence-electron chi connectivity index (χ4n) is 1.45. The van der Waals surface area contributed by atoms with Crippen LogP contribution in [0.3, 0.4) is 0 Å². The Kier molecular flexibility index (Phi) is 10.9. The van der Waals surface area contributed by atoms with Crippen LogP contribution in [0, 0.1) is 0 Å². The van der Waals surface area contributed by atoms with Crippen LogP contribution in [-0.2, 0) is 4.74 Å². The molecule has 0 amide bonds. The summed E-state index contributed by atoms with van der Waals surface area (Å²) < 4.78 is 5.13. The molecular weight excluding hydrogens is 216 g/mol. The van der Waals surface area contributed by atoms with Crippen LogP contribution < -0.4 is 5.32 Å². The first-order chi connectivity index (χ1) is 8.07. The van der Waals surface area contributed by atoms with Crippen molar-refractivity contribution < 1.29 is 9.84 Å². The van der Waals surface area contributed by atoms with Gasteiger partial charge in [0.2, 0.25) is 0 Å². The lowest BCUT2D eigenvalue weighted by atomic mass is 10.2. The second-order valence-electron chi connectivity index (χ2n) is 4.80. The number of aliphatic hydroxyl groups is 1. The number of hydrogen-bond donors (Lipinski definition) is 2. The lowest BCUT2D eigenvalue weighted by molar-refractivity contribution is 0.0429. The molecule has 0 spiro atoms. The lowest BCUT2D eigenvalue weighted by Gasteiger charge is -2.20. The summed E-state index contributed by atoms with van der Waals surface area (Å²) in [4.78, 5) is 2.35. The number of nitrogens with zero attached hydrogens (tertiary/aromatic N) is 1. The van der Waals surface area contributed by atoms with Crippen molar-refractivity contribution in [1.29, 1.82) is 0 Å². The largest absolute Gasteiger partial charge is 0.389 e. The first-order valence-corrected chi connectivity index (χ1v) is 6.74. The minimum absolute atomic E-state index is 0.381. The molecule has 0 aliphatic carbocycles. The molecule has 0 aromatic rings. The molecule has 2 N–H and O–H groups in total. The molecule has 0 aliphatic heterocycles. The number of unbranched alkanes of at least 4 members (excludes halogenated alkanes) is 1. The van der Waals surface area contributed by atoms with E-state index in [0.717, 1.165) is 19.5 Å². The number of rotatable bonds is 11. The van der Waals surface area contributed by atoms with Gasteiger partial charge < -0.3 is 20.1 Å². The Balaban J connectivity index is 3.23. The van der Waals surface area contributed by atoms with Crippen LogP contribution in [0.2, 0.25) is 0 Å². The van der Waals surface area contributed by atoms with Crippen molar-refractivity contribution >= 4 is 0 Å². The zero-order valence-corrected chi connectivity index (χ0v) is 11.9. The van der Waals surface area contributed by atoms with E-state index >= 15 is 0 Å². The summed E-state index contributed by atoms with van der Waals surface area (Å²) in [5.74, 6) is 0. The minimum Gasteiger partial charge on any atom is -0.389 e. The van der Waals surface area contributed by atoms with Gasteiger partial charge in [-0.1, -0.05) is 0 Å². The maximum Gasteiger partial charge on any atom is 0.0897 e. The van der Waals surface area contributed by atoms with E-state index in [1.165, 1.54) is 6.42 Å². The van der Waals surface area contributed by atoms with Gasteiger partial charge in [-0.3, -0.25) is 0 Å². The number of ether oxygens (including phenoxy) is 1. The summed E-state index contributed by atoms with van der Waals surface area (Å²) in [5, 5.41) is 12.8. The molecule has 0 aromatic heterocycles. The van der Waals surface area contributed by atoms with E-state index in [0.29, 0.717) is 25.8 Å². The van der Waals surface area contributed by atoms with Gasteiger partial charge in [-0.2, -0.15) is 0 Å². The van der Waals surface area contributed by atoms with Gasteiger partial charge >= 0.3 is 0 Å². The maximum atomic E-state index is 9.50. The van der Waals surface area contributed by atoms with E-state index < -0.39 is 0 Å². The van der Waals surface area contributed by atoms with Crippen molar-refractivity contribution in [3.63, 3.8) is 0 Å². The van der Waals surface area contributed by atoms with Gasteiger partial charge in [0.15, 0.2) is 0 Å². The molecule has 0 aliphatic rings. The van der Waals surface area contributed by atoms with Crippen molar-refractivity contribution in [3.05, 3.63) is 0 Å². The molecule has 0 saturated carbocycles. The zero-order chi connectivity index (χ0) is 13.1. The standard InChI is InChI=1S/C13H30N2O2/c1-5-17-11-13(16)10-14-8-6-7-9-15(4)12(2)3/h12-14,16H,5-11H2,1-4H3. The predicted molar refractivity (Wildman–Crippen MR) is 72.4 cm³/mol. The molecule has 0 bridgehead atoms. The minimum atomic E-state index is -0.381. The molecule has 0 saturated heterocycles. The van der Waals surface area contributed by atoms with E-state index in [4.69, 9.17) is 4.74 Å². The number of aliphatic hydroxyl groups excluding tert-OH is 1. The first kappa shape index (κ1) is 16.8. The molecule has 0 fully saturated rings. The third kappa shape index (κ3) is 10.7. The van der Waals surface area contributed by atoms with Gasteiger partial charge in [0, 0.05) is 19.2 Å². The van der Waals surface area contributed by atoms with Gasteiger partial charge in [-0.15, -0.1) is 0 Å². The average molecular weight is 246 g/mol. The summed E-state index contributed by atoms with van der Waals surface area (Å²) in [5.41, 5.74) is 0. The van der Waals surface area contributed by atoms with E-state index in [9.17, 15) is 5.11 Å². The summed E-state index contributed by atoms with van der Waals surface area (Å²) in [6, 6.07) is 0.621. The molecule has 4 nitrogen and oxygen atoms in total. The second-order valence-corrected chi connectivity index (χ2v) is 4.80. The van der Waals surface area contributed by atoms with Crippen LogP contribution in [0.5, 0.6) is 0 Å². The average Bonchev–Trinajstić information content (AvgIpc) is 2.30. The fourth-order valence-corrected chi connectivity index (χ4v) is 1.45. The number of hydrogen-bond acceptors (Lipinski definition) is 4. The Labute approximate surface area is 106 Å². The molecule has 1 unspecified atom stereocenters. The highest BCUT2D eigenvalue weighted by Gasteiger charge is 2.03. The summed E-state index contributed by atoms with van der Waals surface area (Å²) >= 11 is 0. The maximum absolute atomic E-state index is 9.50. The molecule has 4 heteroatoms. The van der Waals surface area contributed by atoms with E-state index in [2.05, 4.69) is 31.1 Å². The predicted octanol–water partition coefficient (Wildman–Crippen LogP) is 1.09. The Morgan fingerprint density at radius 1 is 1.29 bits per heavy atom. The van der Waals surface area contributed by atoms with Crippen molar-refractivity contribution in [1.82, 2.24) is 10.2 Å². The zero-order valence-electron chi connectivity index (χ0n) is 11.9. The summed E-state index contributed by atoms with van der Waals surface area (Å²) in [7, 11) is 2.16. The van der Waals surface area contributed by atoms with Crippen LogP contribution in [0.4, 0.5) is 0 Å². The lowest BCUT2D eigenvalue weighted by Crippen LogP contribution is -2.32. The Hall–Kier alpha value is -0.160. The third-order valence-corrected chi connectivity index (χ3v) is 2.89. The highest BCUT2D eigenvalue weighted by molar-refractivity contribution is 4.60. The molecule has 0 radical (unpaired) electrons. The van der Waals surface area contributed by atoms with Crippen molar-refractivity contribution in [2.45, 2.75) is 45.8 Å². The number of nitrogens with one attached hydrogen (secondary N) is 1. The molecule has 0 aromatic carbocycles. The van der Waals surface area contributed by atoms with Crippen LogP contribution in [0.15, 0.2) is 0 Å². The van der Waals surface area contributed by atoms with Crippen LogP contribution in [-0.4, -0.2) is 62.0 Å². The topological polar surface area (TPSA) is 44.7 Å². The van der Waals surface area contributed by atoms with Crippen molar-refractivity contribution in [2.24, 2.45) is 0 Å². The van der Waals surface area contributed by atoms with Crippen molar-refractivity contribution in [2.75, 3.05) is 39.9 Å². The normalized spacial score (nSPS) is 13.6. The Bertz CT molecular complexity index is 165. The van der Waals surface area contributed by atoms with Crippen LogP contribution >= 0.6 is 0 Å². The molecule has 104 valence electrons. The monoisotopic (exact) mass is 246 g/mol. The summed E-state index contributed by atoms with van der Waals surface area (Å²) in [6.07, 6.45) is 1.97. The first-order valence-electron chi connectivity index (χ1n) is 6.74. The highest BCUT2D eigenvalue weighted by atomic mass is 16.5. The van der Waals surface area contributed by atoms with E-state index in [1.807, 2.05) is 6.92 Å². The summed E-state index contributed by atoms with van der Waals surface area (Å²) in [6.45, 7) is 10.2. The van der Waals surface area contributed by atoms with Crippen LogP contribution in [0.25, 0.3) is 0 Å². The quantitative estimate of drug-likeness (QED) is 0.536. The third-order valence-electron chi connectivity index (χ3n) is 2.89. The molecular formula is C13H30N2O2. The molecule has 0 rings (SSSR count). The van der Waals surface area contributed by atoms with Gasteiger partial charge in [0.05, 0.1) is 12.7 Å². The SMILES string of the molecule is CCOCC(O)CNCCCCN(C)C(C)C. The molecule has 1 atom stereocenters. The van der Waals surface area contributed by atoms with Gasteiger partial charge in [0.1, 0.15) is 0 Å². The van der Waals surface area contributed by atoms with Crippen molar-refractivity contribution in [3.8, 4) is 0 Å². The molecule has 17 heavy (non-hydrogen) atoms. The Morgan fingerprint density at radius 3 is 2.59 bits per heavy atom. The second kappa shape index (κ2) is 11.0. The smallest absolute Gasteiger partial charge is 0.0897 e. The Morgan fingerprint density at radius 2 is 2.00 bits per heavy atom. The van der Waals surface area contributed by atoms with Gasteiger partial charge in [0.25, 0.3) is 0 Å². The molecule has 0 heterocycles. The van der Waals surface area contributed by atoms with E-state index in [1.54, 1.807) is 0 Å². The highest BCUT2D eigenvalue weighted by Crippen LogP contribution is 1.97. The van der Waals surface area contributed by atoms with Gasteiger partial charge in [-0.25, -0.2) is 0 Å².